The van der Waals surface area contributed by atoms with Crippen molar-refractivity contribution in [1.82, 2.24) is 0 Å². The number of carboxylic acids is 1. The van der Waals surface area contributed by atoms with Crippen LogP contribution in [-0.2, 0) is 16.6 Å². The molecule has 30 heavy (non-hydrogen) atoms. The number of benzene rings is 3. The van der Waals surface area contributed by atoms with Gasteiger partial charge in [0, 0.05) is 10.4 Å². The van der Waals surface area contributed by atoms with Gasteiger partial charge in [0.1, 0.15) is 5.75 Å². The predicted molar refractivity (Wildman–Crippen MR) is 117 cm³/mol. The minimum absolute atomic E-state index is 0.333. The maximum atomic E-state index is 11.5. The van der Waals surface area contributed by atoms with E-state index in [1.807, 2.05) is 73.7 Å². The molecule has 0 saturated carbocycles. The summed E-state index contributed by atoms with van der Waals surface area (Å²) < 4.78 is 6.09. The van der Waals surface area contributed by atoms with E-state index in [0.717, 1.165) is 16.9 Å². The van der Waals surface area contributed by atoms with Crippen LogP contribution >= 0.6 is 11.6 Å². The summed E-state index contributed by atoms with van der Waals surface area (Å²) in [7, 11) is 0. The first-order valence-corrected chi connectivity index (χ1v) is 9.95. The molecule has 3 rings (SSSR count). The van der Waals surface area contributed by atoms with Crippen molar-refractivity contribution >= 4 is 17.6 Å². The monoisotopic (exact) mass is 419 g/mol. The lowest BCUT2D eigenvalue weighted by molar-refractivity contribution is -0.137. The molecule has 0 aliphatic carbocycles. The number of hydrogen-bond donors (Lipinski definition) is 1. The Bertz CT molecular complexity index is 1050. The molecule has 2 unspecified atom stereocenters. The van der Waals surface area contributed by atoms with Crippen molar-refractivity contribution in [2.24, 2.45) is 0 Å². The number of carboxylic acid groups (broad SMARTS) is 1. The number of nitrogens with zero attached hydrogens (tertiary/aromatic N) is 1. The lowest BCUT2D eigenvalue weighted by Crippen LogP contribution is -2.33. The third kappa shape index (κ3) is 5.00. The summed E-state index contributed by atoms with van der Waals surface area (Å²) in [6.45, 7) is 2.37. The lowest BCUT2D eigenvalue weighted by Gasteiger charge is -2.32. The number of carbonyl (C=O) groups is 1. The second-order valence-corrected chi connectivity index (χ2v) is 7.87. The van der Waals surface area contributed by atoms with Gasteiger partial charge in [0.25, 0.3) is 0 Å². The minimum Gasteiger partial charge on any atom is -0.493 e. The van der Waals surface area contributed by atoms with Gasteiger partial charge in [-0.05, 0) is 41.3 Å². The van der Waals surface area contributed by atoms with Crippen molar-refractivity contribution < 1.29 is 14.6 Å². The first-order chi connectivity index (χ1) is 14.4. The van der Waals surface area contributed by atoms with Crippen molar-refractivity contribution in [2.75, 3.05) is 6.61 Å². The molecular weight excluding hydrogens is 398 g/mol. The molecule has 0 fully saturated rings. The average Bonchev–Trinajstić information content (AvgIpc) is 2.75. The molecule has 0 aliphatic heterocycles. The number of hydrogen-bond acceptors (Lipinski definition) is 3. The Hall–Kier alpha value is -3.29. The Morgan fingerprint density at radius 2 is 1.73 bits per heavy atom. The fourth-order valence-corrected chi connectivity index (χ4v) is 3.83. The maximum Gasteiger partial charge on any atom is 0.325 e. The quantitative estimate of drug-likeness (QED) is 0.515. The Morgan fingerprint density at radius 3 is 2.33 bits per heavy atom. The van der Waals surface area contributed by atoms with E-state index in [2.05, 4.69) is 0 Å². The van der Waals surface area contributed by atoms with Gasteiger partial charge in [0.2, 0.25) is 0 Å². The second-order valence-electron chi connectivity index (χ2n) is 7.46. The Kier molecular flexibility index (Phi) is 6.76. The number of ether oxygens (including phenoxy) is 1. The van der Waals surface area contributed by atoms with E-state index >= 15 is 0 Å². The van der Waals surface area contributed by atoms with Crippen molar-refractivity contribution in [2.45, 2.75) is 24.7 Å². The Morgan fingerprint density at radius 1 is 1.10 bits per heavy atom. The van der Waals surface area contributed by atoms with Crippen LogP contribution in [0.1, 0.15) is 29.5 Å². The largest absolute Gasteiger partial charge is 0.493 e. The first-order valence-electron chi connectivity index (χ1n) is 9.57. The van der Waals surface area contributed by atoms with Crippen molar-refractivity contribution in [1.29, 1.82) is 5.26 Å². The summed E-state index contributed by atoms with van der Waals surface area (Å²) in [5.74, 6) is -1.70. The zero-order chi connectivity index (χ0) is 21.6. The van der Waals surface area contributed by atoms with Crippen LogP contribution in [-0.4, -0.2) is 17.7 Å². The van der Waals surface area contributed by atoms with Crippen LogP contribution in [0.15, 0.2) is 78.9 Å². The van der Waals surface area contributed by atoms with Gasteiger partial charge >= 0.3 is 5.97 Å². The Balaban J connectivity index is 2.02. The third-order valence-corrected chi connectivity index (χ3v) is 5.42. The normalized spacial score (nSPS) is 13.6. The molecule has 5 heteroatoms. The molecule has 3 aromatic carbocycles. The molecular formula is C25H22ClNO3. The van der Waals surface area contributed by atoms with E-state index in [4.69, 9.17) is 16.3 Å². The summed E-state index contributed by atoms with van der Waals surface area (Å²) in [5, 5.41) is 19.2. The molecule has 0 heterocycles. The number of rotatable bonds is 8. The van der Waals surface area contributed by atoms with Gasteiger partial charge in [-0.1, -0.05) is 79.2 Å². The summed E-state index contributed by atoms with van der Waals surface area (Å²) in [6, 6.07) is 26.3. The van der Waals surface area contributed by atoms with E-state index < -0.39 is 17.3 Å². The number of halogens is 1. The van der Waals surface area contributed by atoms with Gasteiger partial charge in [-0.15, -0.1) is 0 Å². The van der Waals surface area contributed by atoms with Crippen molar-refractivity contribution in [3.8, 4) is 11.8 Å². The molecule has 0 saturated heterocycles. The summed E-state index contributed by atoms with van der Waals surface area (Å²) in [5.41, 5.74) is 1.71. The van der Waals surface area contributed by atoms with Crippen LogP contribution < -0.4 is 4.74 Å². The Labute approximate surface area is 181 Å². The molecule has 0 radical (unpaired) electrons. The van der Waals surface area contributed by atoms with E-state index in [-0.39, 0.29) is 0 Å². The van der Waals surface area contributed by atoms with Gasteiger partial charge in [0.15, 0.2) is 5.92 Å². The molecule has 152 valence electrons. The van der Waals surface area contributed by atoms with E-state index in [1.54, 1.807) is 18.2 Å². The van der Waals surface area contributed by atoms with Crippen LogP contribution in [0.4, 0.5) is 0 Å². The van der Waals surface area contributed by atoms with Crippen LogP contribution in [0.2, 0.25) is 5.02 Å². The highest BCUT2D eigenvalue weighted by Gasteiger charge is 2.32. The van der Waals surface area contributed by atoms with Crippen molar-refractivity contribution in [3.63, 3.8) is 0 Å². The lowest BCUT2D eigenvalue weighted by atomic mass is 9.76. The average molecular weight is 420 g/mol. The molecule has 0 spiro atoms. The number of para-hydroxylation sites is 1. The number of nitriles is 1. The van der Waals surface area contributed by atoms with Gasteiger partial charge < -0.3 is 9.84 Å². The molecule has 1 N–H and O–H groups in total. The summed E-state index contributed by atoms with van der Waals surface area (Å²) in [4.78, 5) is 11.5. The molecule has 2 atom stereocenters. The van der Waals surface area contributed by atoms with Gasteiger partial charge in [-0.3, -0.25) is 4.79 Å². The van der Waals surface area contributed by atoms with E-state index in [9.17, 15) is 15.2 Å². The minimum atomic E-state index is -1.25. The molecule has 0 bridgehead atoms. The molecule has 0 aromatic heterocycles. The molecule has 0 aliphatic rings. The highest BCUT2D eigenvalue weighted by molar-refractivity contribution is 6.31. The van der Waals surface area contributed by atoms with E-state index in [1.165, 1.54) is 0 Å². The number of aliphatic carboxylic acids is 1. The molecule has 4 nitrogen and oxygen atoms in total. The second kappa shape index (κ2) is 9.47. The fourth-order valence-electron chi connectivity index (χ4n) is 3.49. The first kappa shape index (κ1) is 21.4. The van der Waals surface area contributed by atoms with E-state index in [0.29, 0.717) is 23.6 Å². The molecule has 3 aromatic rings. The fraction of sp³-hybridized carbons (Fsp3) is 0.200. The standard InChI is InChI=1S/C25H22ClNO3/c1-25(15-18-8-4-2-5-9-18,17-30-20-10-6-3-7-11-20)22-14-19(12-13-23(22)26)21(16-27)24(28)29/h2-14,21H,15,17H2,1H3,(H,28,29). The predicted octanol–water partition coefficient (Wildman–Crippen LogP) is 5.61. The van der Waals surface area contributed by atoms with Crippen molar-refractivity contribution in [3.05, 3.63) is 101 Å². The smallest absolute Gasteiger partial charge is 0.325 e. The zero-order valence-electron chi connectivity index (χ0n) is 16.6. The van der Waals surface area contributed by atoms with Crippen LogP contribution in [0, 0.1) is 11.3 Å². The van der Waals surface area contributed by atoms with Gasteiger partial charge in [-0.25, -0.2) is 0 Å². The van der Waals surface area contributed by atoms with Crippen LogP contribution in [0.3, 0.4) is 0 Å². The molecule has 0 amide bonds. The third-order valence-electron chi connectivity index (χ3n) is 5.09. The summed E-state index contributed by atoms with van der Waals surface area (Å²) >= 11 is 6.57. The summed E-state index contributed by atoms with van der Waals surface area (Å²) in [6.07, 6.45) is 0.633. The maximum absolute atomic E-state index is 11.5. The topological polar surface area (TPSA) is 70.3 Å². The SMILES string of the molecule is CC(COc1ccccc1)(Cc1ccccc1)c1cc(C(C#N)C(=O)O)ccc1Cl. The zero-order valence-corrected chi connectivity index (χ0v) is 17.3. The highest BCUT2D eigenvalue weighted by atomic mass is 35.5. The van der Waals surface area contributed by atoms with Crippen LogP contribution in [0.5, 0.6) is 5.75 Å². The van der Waals surface area contributed by atoms with Gasteiger partial charge in [0.05, 0.1) is 12.7 Å². The van der Waals surface area contributed by atoms with Gasteiger partial charge in [-0.2, -0.15) is 5.26 Å². The van der Waals surface area contributed by atoms with Crippen LogP contribution in [0.25, 0.3) is 0 Å². The highest BCUT2D eigenvalue weighted by Crippen LogP contribution is 2.36.